The maximum Gasteiger partial charge on any atom is 0.306 e. The Hall–Kier alpha value is -1.07. The first-order valence-electron chi connectivity index (χ1n) is 5.43. The number of sulfone groups is 1. The monoisotopic (exact) mass is 290 g/mol. The molecule has 18 heavy (non-hydrogen) atoms. The van der Waals surface area contributed by atoms with E-state index in [1.165, 1.54) is 0 Å². The maximum atomic E-state index is 11.1. The first kappa shape index (κ1) is 15.0. The quantitative estimate of drug-likeness (QED) is 0.870. The molecule has 0 aliphatic heterocycles. The lowest BCUT2D eigenvalue weighted by molar-refractivity contribution is -0.141. The summed E-state index contributed by atoms with van der Waals surface area (Å²) in [6.45, 7) is 0. The van der Waals surface area contributed by atoms with E-state index < -0.39 is 21.7 Å². The molecule has 100 valence electrons. The highest BCUT2D eigenvalue weighted by Gasteiger charge is 2.20. The minimum absolute atomic E-state index is 0.112. The summed E-state index contributed by atoms with van der Waals surface area (Å²) in [5.41, 5.74) is 0.795. The van der Waals surface area contributed by atoms with E-state index in [4.69, 9.17) is 16.7 Å². The predicted octanol–water partition coefficient (Wildman–Crippen LogP) is 2.02. The second-order valence-corrected chi connectivity index (χ2v) is 6.98. The third kappa shape index (κ3) is 5.51. The van der Waals surface area contributed by atoms with Gasteiger partial charge in [-0.3, -0.25) is 4.79 Å². The standard InChI is InChI=1S/C12H15ClO4S/c1-18(16,17)6-5-10(12(14)15)7-9-3-2-4-11(13)8-9/h2-4,8,10H,5-7H2,1H3,(H,14,15). The molecular weight excluding hydrogens is 276 g/mol. The van der Waals surface area contributed by atoms with Gasteiger partial charge in [0.15, 0.2) is 0 Å². The molecule has 0 aliphatic rings. The number of aliphatic carboxylic acids is 1. The molecular formula is C12H15ClO4S. The predicted molar refractivity (Wildman–Crippen MR) is 70.6 cm³/mol. The Morgan fingerprint density at radius 2 is 2.11 bits per heavy atom. The van der Waals surface area contributed by atoms with E-state index in [9.17, 15) is 13.2 Å². The van der Waals surface area contributed by atoms with E-state index in [-0.39, 0.29) is 18.6 Å². The first-order chi connectivity index (χ1) is 8.28. The maximum absolute atomic E-state index is 11.1. The van der Waals surface area contributed by atoms with Crippen LogP contribution in [-0.2, 0) is 21.1 Å². The summed E-state index contributed by atoms with van der Waals surface area (Å²) >= 11 is 5.81. The highest BCUT2D eigenvalue weighted by Crippen LogP contribution is 2.17. The fraction of sp³-hybridized carbons (Fsp3) is 0.417. The van der Waals surface area contributed by atoms with Crippen molar-refractivity contribution in [2.45, 2.75) is 12.8 Å². The van der Waals surface area contributed by atoms with Crippen LogP contribution < -0.4 is 0 Å². The van der Waals surface area contributed by atoms with Gasteiger partial charge in [0.1, 0.15) is 9.84 Å². The van der Waals surface area contributed by atoms with E-state index in [0.717, 1.165) is 11.8 Å². The first-order valence-corrected chi connectivity index (χ1v) is 7.87. The molecule has 1 N–H and O–H groups in total. The Kier molecular flexibility index (Phi) is 5.16. The van der Waals surface area contributed by atoms with Crippen LogP contribution in [0.3, 0.4) is 0 Å². The Labute approximate surface area is 112 Å². The van der Waals surface area contributed by atoms with E-state index in [1.807, 2.05) is 0 Å². The largest absolute Gasteiger partial charge is 0.481 e. The number of hydrogen-bond acceptors (Lipinski definition) is 3. The zero-order chi connectivity index (χ0) is 13.8. The van der Waals surface area contributed by atoms with Gasteiger partial charge in [0.25, 0.3) is 0 Å². The number of benzene rings is 1. The summed E-state index contributed by atoms with van der Waals surface area (Å²) in [7, 11) is -3.14. The van der Waals surface area contributed by atoms with Gasteiger partial charge in [-0.2, -0.15) is 0 Å². The number of hydrogen-bond donors (Lipinski definition) is 1. The normalized spacial score (nSPS) is 13.2. The van der Waals surface area contributed by atoms with E-state index in [2.05, 4.69) is 0 Å². The molecule has 1 rings (SSSR count). The minimum atomic E-state index is -3.14. The second-order valence-electron chi connectivity index (χ2n) is 4.29. The molecule has 0 saturated heterocycles. The van der Waals surface area contributed by atoms with Gasteiger partial charge in [-0.15, -0.1) is 0 Å². The summed E-state index contributed by atoms with van der Waals surface area (Å²) in [5.74, 6) is -1.82. The molecule has 0 amide bonds. The highest BCUT2D eigenvalue weighted by atomic mass is 35.5. The molecule has 0 saturated carbocycles. The Morgan fingerprint density at radius 3 is 2.61 bits per heavy atom. The zero-order valence-electron chi connectivity index (χ0n) is 9.97. The van der Waals surface area contributed by atoms with Crippen LogP contribution in [0.4, 0.5) is 0 Å². The van der Waals surface area contributed by atoms with Crippen molar-refractivity contribution >= 4 is 27.4 Å². The lowest BCUT2D eigenvalue weighted by Gasteiger charge is -2.11. The average molecular weight is 291 g/mol. The van der Waals surface area contributed by atoms with Gasteiger partial charge in [0.05, 0.1) is 11.7 Å². The van der Waals surface area contributed by atoms with Crippen molar-refractivity contribution in [2.24, 2.45) is 5.92 Å². The smallest absolute Gasteiger partial charge is 0.306 e. The number of carboxylic acids is 1. The summed E-state index contributed by atoms with van der Waals surface area (Å²) in [4.78, 5) is 11.1. The minimum Gasteiger partial charge on any atom is -0.481 e. The van der Waals surface area contributed by atoms with Crippen molar-refractivity contribution in [3.05, 3.63) is 34.9 Å². The zero-order valence-corrected chi connectivity index (χ0v) is 11.5. The Bertz CT molecular complexity index is 525. The van der Waals surface area contributed by atoms with Crippen LogP contribution in [0.5, 0.6) is 0 Å². The van der Waals surface area contributed by atoms with Crippen LogP contribution >= 0.6 is 11.6 Å². The van der Waals surface area contributed by atoms with Crippen LogP contribution in [-0.4, -0.2) is 31.5 Å². The third-order valence-corrected chi connectivity index (χ3v) is 3.77. The van der Waals surface area contributed by atoms with Crippen LogP contribution in [0.2, 0.25) is 5.02 Å². The molecule has 1 aromatic carbocycles. The summed E-state index contributed by atoms with van der Waals surface area (Å²) < 4.78 is 22.1. The molecule has 0 heterocycles. The van der Waals surface area contributed by atoms with Crippen molar-refractivity contribution in [1.82, 2.24) is 0 Å². The van der Waals surface area contributed by atoms with Crippen LogP contribution in [0, 0.1) is 5.92 Å². The number of halogens is 1. The van der Waals surface area contributed by atoms with Crippen LogP contribution in [0.1, 0.15) is 12.0 Å². The van der Waals surface area contributed by atoms with Crippen molar-refractivity contribution in [2.75, 3.05) is 12.0 Å². The van der Waals surface area contributed by atoms with Gasteiger partial charge in [-0.05, 0) is 30.5 Å². The number of rotatable bonds is 6. The third-order valence-electron chi connectivity index (χ3n) is 2.56. The van der Waals surface area contributed by atoms with Crippen LogP contribution in [0.15, 0.2) is 24.3 Å². The summed E-state index contributed by atoms with van der Waals surface area (Å²) in [6, 6.07) is 6.92. The molecule has 1 unspecified atom stereocenters. The van der Waals surface area contributed by atoms with Gasteiger partial charge >= 0.3 is 5.97 Å². The van der Waals surface area contributed by atoms with Crippen molar-refractivity contribution in [3.8, 4) is 0 Å². The number of carboxylic acid groups (broad SMARTS) is 1. The van der Waals surface area contributed by atoms with Crippen molar-refractivity contribution < 1.29 is 18.3 Å². The number of carbonyl (C=O) groups is 1. The molecule has 1 atom stereocenters. The van der Waals surface area contributed by atoms with Crippen molar-refractivity contribution in [1.29, 1.82) is 0 Å². The molecule has 0 spiro atoms. The Morgan fingerprint density at radius 1 is 1.44 bits per heavy atom. The van der Waals surface area contributed by atoms with Gasteiger partial charge in [0.2, 0.25) is 0 Å². The van der Waals surface area contributed by atoms with Gasteiger partial charge in [-0.1, -0.05) is 23.7 Å². The molecule has 1 aromatic rings. The fourth-order valence-corrected chi connectivity index (χ4v) is 2.54. The second kappa shape index (κ2) is 6.20. The van der Waals surface area contributed by atoms with Crippen molar-refractivity contribution in [3.63, 3.8) is 0 Å². The molecule has 4 nitrogen and oxygen atoms in total. The topological polar surface area (TPSA) is 71.4 Å². The molecule has 6 heteroatoms. The van der Waals surface area contributed by atoms with E-state index in [0.29, 0.717) is 5.02 Å². The molecule has 0 aliphatic carbocycles. The SMILES string of the molecule is CS(=O)(=O)CCC(Cc1cccc(Cl)c1)C(=O)O. The molecule has 0 aromatic heterocycles. The summed E-state index contributed by atoms with van der Waals surface area (Å²) in [5, 5.41) is 9.61. The fourth-order valence-electron chi connectivity index (χ4n) is 1.62. The van der Waals surface area contributed by atoms with E-state index >= 15 is 0 Å². The van der Waals surface area contributed by atoms with E-state index in [1.54, 1.807) is 24.3 Å². The summed E-state index contributed by atoms with van der Waals surface area (Å²) in [6.07, 6.45) is 1.50. The lowest BCUT2D eigenvalue weighted by atomic mass is 9.97. The molecule has 0 radical (unpaired) electrons. The van der Waals surface area contributed by atoms with Gasteiger partial charge in [-0.25, -0.2) is 8.42 Å². The highest BCUT2D eigenvalue weighted by molar-refractivity contribution is 7.90. The lowest BCUT2D eigenvalue weighted by Crippen LogP contribution is -2.20. The molecule has 0 fully saturated rings. The van der Waals surface area contributed by atoms with Gasteiger partial charge in [0, 0.05) is 11.3 Å². The molecule has 0 bridgehead atoms. The average Bonchev–Trinajstić information content (AvgIpc) is 2.22. The van der Waals surface area contributed by atoms with Gasteiger partial charge < -0.3 is 5.11 Å². The Balaban J connectivity index is 2.72. The van der Waals surface area contributed by atoms with Crippen LogP contribution in [0.25, 0.3) is 0 Å².